The summed E-state index contributed by atoms with van der Waals surface area (Å²) in [5.74, 6) is 0. The topological polar surface area (TPSA) is 89.4 Å². The third kappa shape index (κ3) is 2.86. The second kappa shape index (κ2) is 4.71. The zero-order chi connectivity index (χ0) is 12.3. The van der Waals surface area contributed by atoms with E-state index in [2.05, 4.69) is 6.92 Å². The van der Waals surface area contributed by atoms with Crippen molar-refractivity contribution < 1.29 is 8.42 Å². The van der Waals surface area contributed by atoms with E-state index in [-0.39, 0.29) is 10.6 Å². The van der Waals surface area contributed by atoms with E-state index >= 15 is 0 Å². The van der Waals surface area contributed by atoms with Crippen LogP contribution in [0.15, 0.2) is 23.1 Å². The number of nitrogen functional groups attached to an aromatic ring is 1. The van der Waals surface area contributed by atoms with Gasteiger partial charge in [-0.1, -0.05) is 6.92 Å². The van der Waals surface area contributed by atoms with Crippen LogP contribution in [0.1, 0.15) is 13.3 Å². The van der Waals surface area contributed by atoms with Crippen molar-refractivity contribution in [3.05, 3.63) is 18.2 Å². The molecule has 0 aliphatic heterocycles. The molecule has 16 heavy (non-hydrogen) atoms. The number of hydrogen-bond acceptors (Lipinski definition) is 4. The molecule has 0 radical (unpaired) electrons. The van der Waals surface area contributed by atoms with Gasteiger partial charge in [-0.2, -0.15) is 0 Å². The van der Waals surface area contributed by atoms with E-state index in [0.717, 1.165) is 18.7 Å². The maximum Gasteiger partial charge on any atom is 0.240 e. The number of rotatable bonds is 4. The summed E-state index contributed by atoms with van der Waals surface area (Å²) in [7, 11) is -1.81. The summed E-state index contributed by atoms with van der Waals surface area (Å²) in [5.41, 5.74) is 6.72. The highest BCUT2D eigenvalue weighted by Gasteiger charge is 2.13. The van der Waals surface area contributed by atoms with Crippen LogP contribution in [0, 0.1) is 0 Å². The molecule has 0 aliphatic rings. The third-order valence-electron chi connectivity index (χ3n) is 2.30. The van der Waals surface area contributed by atoms with Gasteiger partial charge in [0.25, 0.3) is 0 Å². The highest BCUT2D eigenvalue weighted by atomic mass is 32.2. The number of anilines is 2. The van der Waals surface area contributed by atoms with Gasteiger partial charge < -0.3 is 10.6 Å². The molecule has 1 rings (SSSR count). The van der Waals surface area contributed by atoms with E-state index in [9.17, 15) is 8.42 Å². The molecule has 1 aromatic carbocycles. The normalized spacial score (nSPS) is 11.4. The van der Waals surface area contributed by atoms with Gasteiger partial charge in [-0.25, -0.2) is 13.6 Å². The van der Waals surface area contributed by atoms with Crippen LogP contribution in [0.5, 0.6) is 0 Å². The maximum absolute atomic E-state index is 11.1. The number of nitrogens with two attached hydrogens (primary N) is 2. The van der Waals surface area contributed by atoms with Gasteiger partial charge in [-0.15, -0.1) is 0 Å². The lowest BCUT2D eigenvalue weighted by Crippen LogP contribution is -2.19. The van der Waals surface area contributed by atoms with E-state index < -0.39 is 10.0 Å². The van der Waals surface area contributed by atoms with E-state index in [0.29, 0.717) is 0 Å². The molecule has 0 aliphatic carbocycles. The number of nitrogens with zero attached hydrogens (tertiary/aromatic N) is 1. The van der Waals surface area contributed by atoms with E-state index in [1.807, 2.05) is 11.9 Å². The molecule has 0 spiro atoms. The summed E-state index contributed by atoms with van der Waals surface area (Å²) < 4.78 is 22.3. The number of primary sulfonamides is 1. The minimum atomic E-state index is -3.73. The van der Waals surface area contributed by atoms with Crippen molar-refractivity contribution in [2.45, 2.75) is 18.2 Å². The van der Waals surface area contributed by atoms with Crippen LogP contribution in [0.25, 0.3) is 0 Å². The summed E-state index contributed by atoms with van der Waals surface area (Å²) in [4.78, 5) is 1.98. The lowest BCUT2D eigenvalue weighted by molar-refractivity contribution is 0.598. The average Bonchev–Trinajstić information content (AvgIpc) is 2.16. The van der Waals surface area contributed by atoms with Gasteiger partial charge in [0.2, 0.25) is 10.0 Å². The molecule has 0 heterocycles. The molecule has 0 saturated heterocycles. The van der Waals surface area contributed by atoms with Crippen LogP contribution in [0.4, 0.5) is 11.4 Å². The second-order valence-corrected chi connectivity index (χ2v) is 5.22. The predicted molar refractivity (Wildman–Crippen MR) is 65.8 cm³/mol. The Labute approximate surface area is 96.1 Å². The lowest BCUT2D eigenvalue weighted by Gasteiger charge is -2.19. The Kier molecular flexibility index (Phi) is 3.77. The SMILES string of the molecule is CCCN(C)c1ccc(S(N)(=O)=O)c(N)c1. The Hall–Kier alpha value is -1.27. The molecule has 0 atom stereocenters. The van der Waals surface area contributed by atoms with Crippen LogP contribution in [-0.2, 0) is 10.0 Å². The molecule has 0 amide bonds. The monoisotopic (exact) mass is 243 g/mol. The molecule has 90 valence electrons. The van der Waals surface area contributed by atoms with Crippen molar-refractivity contribution in [3.8, 4) is 0 Å². The summed E-state index contributed by atoms with van der Waals surface area (Å²) in [5, 5.41) is 5.02. The van der Waals surface area contributed by atoms with Crippen LogP contribution in [0.3, 0.4) is 0 Å². The molecule has 0 unspecified atom stereocenters. The first-order valence-electron chi connectivity index (χ1n) is 4.99. The highest BCUT2D eigenvalue weighted by molar-refractivity contribution is 7.89. The first-order valence-corrected chi connectivity index (χ1v) is 6.54. The van der Waals surface area contributed by atoms with Gasteiger partial charge in [-0.05, 0) is 24.6 Å². The number of hydrogen-bond donors (Lipinski definition) is 2. The van der Waals surface area contributed by atoms with Gasteiger partial charge in [0, 0.05) is 19.3 Å². The first-order chi connectivity index (χ1) is 7.36. The Balaban J connectivity index is 3.09. The van der Waals surface area contributed by atoms with Crippen LogP contribution in [0.2, 0.25) is 0 Å². The molecule has 6 heteroatoms. The van der Waals surface area contributed by atoms with Crippen molar-refractivity contribution in [1.82, 2.24) is 0 Å². The molecule has 0 fully saturated rings. The smallest absolute Gasteiger partial charge is 0.240 e. The van der Waals surface area contributed by atoms with Gasteiger partial charge in [0.15, 0.2) is 0 Å². The van der Waals surface area contributed by atoms with E-state index in [4.69, 9.17) is 10.9 Å². The van der Waals surface area contributed by atoms with Crippen LogP contribution >= 0.6 is 0 Å². The summed E-state index contributed by atoms with van der Waals surface area (Å²) in [6.07, 6.45) is 1.01. The molecule has 1 aromatic rings. The third-order valence-corrected chi connectivity index (χ3v) is 3.28. The molecular weight excluding hydrogens is 226 g/mol. The molecule has 0 saturated carbocycles. The van der Waals surface area contributed by atoms with Crippen molar-refractivity contribution in [3.63, 3.8) is 0 Å². The molecular formula is C10H17N3O2S. The fourth-order valence-electron chi connectivity index (χ4n) is 1.50. The highest BCUT2D eigenvalue weighted by Crippen LogP contribution is 2.23. The van der Waals surface area contributed by atoms with Crippen LogP contribution in [-0.4, -0.2) is 22.0 Å². The zero-order valence-electron chi connectivity index (χ0n) is 9.47. The van der Waals surface area contributed by atoms with Crippen molar-refractivity contribution in [1.29, 1.82) is 0 Å². The van der Waals surface area contributed by atoms with Gasteiger partial charge >= 0.3 is 0 Å². The summed E-state index contributed by atoms with van der Waals surface area (Å²) in [6, 6.07) is 4.76. The van der Waals surface area contributed by atoms with E-state index in [1.54, 1.807) is 12.1 Å². The van der Waals surface area contributed by atoms with Gasteiger partial charge in [0.1, 0.15) is 4.90 Å². The first kappa shape index (κ1) is 12.8. The standard InChI is InChI=1S/C10H17N3O2S/c1-3-6-13(2)8-4-5-10(9(11)7-8)16(12,14)15/h4-5,7H,3,6,11H2,1-2H3,(H2,12,14,15). The number of sulfonamides is 1. The predicted octanol–water partition coefficient (Wildman–Crippen LogP) is 0.762. The molecule has 0 aromatic heterocycles. The maximum atomic E-state index is 11.1. The fraction of sp³-hybridized carbons (Fsp3) is 0.400. The Morgan fingerprint density at radius 1 is 1.38 bits per heavy atom. The Bertz CT molecular complexity index is 471. The zero-order valence-corrected chi connectivity index (χ0v) is 10.3. The molecule has 0 bridgehead atoms. The lowest BCUT2D eigenvalue weighted by atomic mass is 10.2. The minimum Gasteiger partial charge on any atom is -0.398 e. The Morgan fingerprint density at radius 2 is 2.00 bits per heavy atom. The minimum absolute atomic E-state index is 0.0267. The largest absolute Gasteiger partial charge is 0.398 e. The quantitative estimate of drug-likeness (QED) is 0.764. The number of benzene rings is 1. The Morgan fingerprint density at radius 3 is 2.44 bits per heavy atom. The van der Waals surface area contributed by atoms with Crippen molar-refractivity contribution in [2.24, 2.45) is 5.14 Å². The second-order valence-electron chi connectivity index (χ2n) is 3.69. The van der Waals surface area contributed by atoms with Crippen LogP contribution < -0.4 is 15.8 Å². The van der Waals surface area contributed by atoms with Gasteiger partial charge in [-0.3, -0.25) is 0 Å². The molecule has 5 nitrogen and oxygen atoms in total. The van der Waals surface area contributed by atoms with Crippen molar-refractivity contribution in [2.75, 3.05) is 24.2 Å². The average molecular weight is 243 g/mol. The summed E-state index contributed by atoms with van der Waals surface area (Å²) >= 11 is 0. The van der Waals surface area contributed by atoms with Gasteiger partial charge in [0.05, 0.1) is 5.69 Å². The summed E-state index contributed by atoms with van der Waals surface area (Å²) in [6.45, 7) is 2.95. The van der Waals surface area contributed by atoms with Crippen molar-refractivity contribution >= 4 is 21.4 Å². The fourth-order valence-corrected chi connectivity index (χ4v) is 2.14. The van der Waals surface area contributed by atoms with E-state index in [1.165, 1.54) is 6.07 Å². The molecule has 4 N–H and O–H groups in total.